The lowest BCUT2D eigenvalue weighted by atomic mass is 10.1. The highest BCUT2D eigenvalue weighted by Crippen LogP contribution is 2.16. The maximum atomic E-state index is 14.3. The molecule has 28 heteroatoms. The van der Waals surface area contributed by atoms with Crippen LogP contribution in [0.15, 0.2) is 79.8 Å². The van der Waals surface area contributed by atoms with Crippen LogP contribution in [0.5, 0.6) is 0 Å². The summed E-state index contributed by atoms with van der Waals surface area (Å²) in [4.78, 5) is 147. The van der Waals surface area contributed by atoms with Crippen LogP contribution in [0.25, 0.3) is 0 Å². The summed E-state index contributed by atoms with van der Waals surface area (Å²) in [6.45, 7) is -1.59. The van der Waals surface area contributed by atoms with E-state index in [4.69, 9.17) is 10.5 Å². The van der Waals surface area contributed by atoms with Crippen LogP contribution < -0.4 is 54.6 Å². The van der Waals surface area contributed by atoms with Gasteiger partial charge in [-0.3, -0.25) is 52.7 Å². The SMILES string of the molecule is NCCOCCNC(=O)C1CCCN(C(=O)c2cccc(=O)n2O)CCCNC(=O)c2ccc(n(O)c2=O)C(=O)NCCNC(=O)c2ccc(c(=O)n2O)C(=O)NCCCN1C(=O)c1cccc(=O)n1O. The molecule has 0 saturated carbocycles. The first-order valence-electron chi connectivity index (χ1n) is 22.0. The zero-order valence-electron chi connectivity index (χ0n) is 37.9. The number of aromatic nitrogens is 4. The standard InChI is InChI=1S/C43H52N12O16/c44-15-24-71-25-20-49-37(60)28-8-3-21-50(42(65)31-6-1-9-33(56)52(31)67)22-4-16-45-35(58)26-11-13-29(54(69)40(26)63)38(61)47-18-19-48-39(62)30-14-12-27(41(64)55(30)70)36(59)46-17-5-23-51(28)43(66)32-7-2-10-34(57)53(32)68/h1-2,6-7,9-14,28,67-70H,3-5,8,15-25,44H2,(H,45,58)(H,46,59)(H,47,61)(H,48,62)(H,49,60). The number of rotatable bonds is 8. The number of fused-ring (bicyclic) bond motifs is 2. The quantitative estimate of drug-likeness (QED) is 0.0598. The third-order valence-electron chi connectivity index (χ3n) is 10.8. The fraction of sp³-hybridized carbons (Fsp3) is 0.372. The number of hydrogen-bond donors (Lipinski definition) is 10. The smallest absolute Gasteiger partial charge is 0.296 e. The Hall–Kier alpha value is -8.79. The van der Waals surface area contributed by atoms with Crippen molar-refractivity contribution >= 4 is 41.4 Å². The Bertz CT molecular complexity index is 2890. The van der Waals surface area contributed by atoms with E-state index in [1.807, 2.05) is 0 Å². The summed E-state index contributed by atoms with van der Waals surface area (Å²) in [7, 11) is 0. The molecule has 7 rings (SSSR count). The largest absolute Gasteiger partial charge is 0.425 e. The fourth-order valence-corrected chi connectivity index (χ4v) is 7.15. The number of carbonyl (C=O) groups excluding carboxylic acids is 7. The van der Waals surface area contributed by atoms with E-state index in [0.717, 1.165) is 47.4 Å². The molecular weight excluding hydrogens is 941 g/mol. The van der Waals surface area contributed by atoms with E-state index in [2.05, 4.69) is 26.6 Å². The number of nitrogens with zero attached hydrogens (tertiary/aromatic N) is 6. The Labute approximate surface area is 400 Å². The topological polar surface area (TPSA) is 390 Å². The Morgan fingerprint density at radius 2 is 1.06 bits per heavy atom. The second-order valence-corrected chi connectivity index (χ2v) is 15.5. The van der Waals surface area contributed by atoms with Gasteiger partial charge >= 0.3 is 0 Å². The fourth-order valence-electron chi connectivity index (χ4n) is 7.15. The molecule has 11 N–H and O–H groups in total. The van der Waals surface area contributed by atoms with E-state index in [1.54, 1.807) is 0 Å². The molecule has 0 saturated heterocycles. The summed E-state index contributed by atoms with van der Waals surface area (Å²) in [6.07, 6.45) is -0.497. The number of carbonyl (C=O) groups is 7. The second kappa shape index (κ2) is 25.0. The van der Waals surface area contributed by atoms with Gasteiger partial charge in [0.05, 0.1) is 13.2 Å². The molecule has 380 valence electrons. The van der Waals surface area contributed by atoms with Gasteiger partial charge in [0.15, 0.2) is 0 Å². The first kappa shape index (κ1) is 53.2. The number of nitrogens with two attached hydrogens (primary N) is 1. The predicted octanol–water partition coefficient (Wildman–Crippen LogP) is -3.78. The first-order valence-corrected chi connectivity index (χ1v) is 22.0. The normalized spacial score (nSPS) is 16.0. The average Bonchev–Trinajstić information content (AvgIpc) is 3.34. The van der Waals surface area contributed by atoms with Gasteiger partial charge < -0.3 is 67.7 Å². The van der Waals surface area contributed by atoms with Gasteiger partial charge in [0.1, 0.15) is 39.9 Å². The van der Waals surface area contributed by atoms with Crippen molar-refractivity contribution in [2.45, 2.75) is 31.7 Å². The van der Waals surface area contributed by atoms with E-state index in [9.17, 15) is 73.6 Å². The monoisotopic (exact) mass is 992 g/mol. The lowest BCUT2D eigenvalue weighted by Gasteiger charge is -2.32. The lowest BCUT2D eigenvalue weighted by molar-refractivity contribution is -0.126. The van der Waals surface area contributed by atoms with Crippen molar-refractivity contribution in [3.63, 3.8) is 0 Å². The Morgan fingerprint density at radius 3 is 1.58 bits per heavy atom. The molecule has 1 atom stereocenters. The highest BCUT2D eigenvalue weighted by atomic mass is 16.5. The van der Waals surface area contributed by atoms with Crippen molar-refractivity contribution in [1.82, 2.24) is 55.3 Å². The van der Waals surface area contributed by atoms with Gasteiger partial charge in [0.25, 0.3) is 57.7 Å². The summed E-state index contributed by atoms with van der Waals surface area (Å²) in [6, 6.07) is 9.10. The maximum absolute atomic E-state index is 14.3. The lowest BCUT2D eigenvalue weighted by Crippen LogP contribution is -2.52. The molecule has 0 fully saturated rings. The molecule has 0 spiro atoms. The number of nitrogens with one attached hydrogen (secondary N) is 5. The van der Waals surface area contributed by atoms with Crippen molar-refractivity contribution in [3.8, 4) is 0 Å². The van der Waals surface area contributed by atoms with E-state index in [-0.39, 0.29) is 117 Å². The summed E-state index contributed by atoms with van der Waals surface area (Å²) < 4.78 is 5.41. The molecule has 28 nitrogen and oxygen atoms in total. The first-order chi connectivity index (χ1) is 34.0. The minimum Gasteiger partial charge on any atom is -0.425 e. The molecule has 4 bridgehead atoms. The summed E-state index contributed by atoms with van der Waals surface area (Å²) in [5, 5.41) is 54.5. The van der Waals surface area contributed by atoms with Crippen molar-refractivity contribution in [3.05, 3.63) is 136 Å². The van der Waals surface area contributed by atoms with Gasteiger partial charge in [0.2, 0.25) is 5.91 Å². The van der Waals surface area contributed by atoms with Crippen LogP contribution in [0.2, 0.25) is 0 Å². The second-order valence-electron chi connectivity index (χ2n) is 15.5. The van der Waals surface area contributed by atoms with Crippen molar-refractivity contribution < 1.29 is 59.1 Å². The molecule has 0 radical (unpaired) electrons. The molecule has 7 heterocycles. The minimum absolute atomic E-state index is 0.00302. The zero-order chi connectivity index (χ0) is 51.8. The molecule has 0 aliphatic carbocycles. The average molecular weight is 993 g/mol. The van der Waals surface area contributed by atoms with E-state index < -0.39 is 104 Å². The molecule has 4 aromatic heterocycles. The Kier molecular flexibility index (Phi) is 18.7. The van der Waals surface area contributed by atoms with Crippen LogP contribution in [-0.2, 0) is 9.53 Å². The maximum Gasteiger partial charge on any atom is 0.296 e. The number of pyridine rings is 4. The predicted molar refractivity (Wildman–Crippen MR) is 243 cm³/mol. The van der Waals surface area contributed by atoms with Crippen molar-refractivity contribution in [2.24, 2.45) is 5.73 Å². The molecule has 7 amide bonds. The molecule has 3 aliphatic heterocycles. The summed E-state index contributed by atoms with van der Waals surface area (Å²) in [5.41, 5.74) is -2.43. The summed E-state index contributed by atoms with van der Waals surface area (Å²) in [5.74, 6) is -6.67. The van der Waals surface area contributed by atoms with Gasteiger partial charge in [-0.2, -0.15) is 0 Å². The van der Waals surface area contributed by atoms with Crippen LogP contribution in [0.3, 0.4) is 0 Å². The molecule has 0 aromatic carbocycles. The van der Waals surface area contributed by atoms with Crippen LogP contribution >= 0.6 is 0 Å². The molecular formula is C43H52N12O16. The molecule has 4 aromatic rings. The molecule has 71 heavy (non-hydrogen) atoms. The van der Waals surface area contributed by atoms with Gasteiger partial charge in [-0.25, -0.2) is 0 Å². The third-order valence-corrected chi connectivity index (χ3v) is 10.8. The minimum atomic E-state index is -1.44. The van der Waals surface area contributed by atoms with Crippen LogP contribution in [-0.4, -0.2) is 169 Å². The van der Waals surface area contributed by atoms with Crippen molar-refractivity contribution in [1.29, 1.82) is 0 Å². The Balaban J connectivity index is 1.50. The number of ether oxygens (including phenoxy) is 1. The zero-order valence-corrected chi connectivity index (χ0v) is 37.9. The highest BCUT2D eigenvalue weighted by Gasteiger charge is 2.33. The Morgan fingerprint density at radius 1 is 0.577 bits per heavy atom. The van der Waals surface area contributed by atoms with Crippen LogP contribution in [0.4, 0.5) is 0 Å². The van der Waals surface area contributed by atoms with Gasteiger partial charge in [-0.05, 0) is 62.1 Å². The van der Waals surface area contributed by atoms with Gasteiger partial charge in [-0.1, -0.05) is 12.1 Å². The van der Waals surface area contributed by atoms with E-state index in [1.165, 1.54) is 23.1 Å². The summed E-state index contributed by atoms with van der Waals surface area (Å²) >= 11 is 0. The van der Waals surface area contributed by atoms with Gasteiger partial charge in [0, 0.05) is 71.0 Å². The van der Waals surface area contributed by atoms with Crippen LogP contribution in [0.1, 0.15) is 88.4 Å². The van der Waals surface area contributed by atoms with E-state index in [0.29, 0.717) is 0 Å². The van der Waals surface area contributed by atoms with Crippen molar-refractivity contribution in [2.75, 3.05) is 72.1 Å². The number of hydrogen-bond acceptors (Lipinski definition) is 17. The van der Waals surface area contributed by atoms with Crippen LogP contribution in [0, 0.1) is 0 Å². The van der Waals surface area contributed by atoms with Gasteiger partial charge in [-0.15, -0.1) is 18.9 Å². The van der Waals surface area contributed by atoms with E-state index >= 15 is 0 Å². The number of amides is 7. The highest BCUT2D eigenvalue weighted by molar-refractivity contribution is 5.98. The molecule has 1 unspecified atom stereocenters. The molecule has 3 aliphatic rings. The third kappa shape index (κ3) is 13.3.